The normalized spacial score (nSPS) is 10.7. The van der Waals surface area contributed by atoms with Gasteiger partial charge in [0.2, 0.25) is 0 Å². The van der Waals surface area contributed by atoms with Crippen LogP contribution in [0.15, 0.2) is 34.8 Å². The molecule has 0 spiro atoms. The van der Waals surface area contributed by atoms with Gasteiger partial charge in [-0.25, -0.2) is 4.39 Å². The maximum Gasteiger partial charge on any atom is 0.142 e. The molecule has 13 heavy (non-hydrogen) atoms. The molecular formula is C10H5BrClF. The molecule has 0 aliphatic carbocycles. The summed E-state index contributed by atoms with van der Waals surface area (Å²) < 4.78 is 14.0. The van der Waals surface area contributed by atoms with Gasteiger partial charge in [0.15, 0.2) is 0 Å². The third kappa shape index (κ3) is 1.56. The molecular weight excluding hydrogens is 254 g/mol. The van der Waals surface area contributed by atoms with Crippen LogP contribution in [0.25, 0.3) is 10.8 Å². The van der Waals surface area contributed by atoms with Crippen molar-refractivity contribution in [2.45, 2.75) is 0 Å². The van der Waals surface area contributed by atoms with E-state index in [9.17, 15) is 4.39 Å². The zero-order valence-electron chi connectivity index (χ0n) is 6.52. The number of fused-ring (bicyclic) bond motifs is 1. The van der Waals surface area contributed by atoms with Crippen LogP contribution >= 0.6 is 27.5 Å². The lowest BCUT2D eigenvalue weighted by molar-refractivity contribution is 0.630. The minimum atomic E-state index is -0.378. The molecule has 3 heteroatoms. The molecule has 2 rings (SSSR count). The molecule has 0 aromatic heterocycles. The molecule has 2 aromatic rings. The highest BCUT2D eigenvalue weighted by atomic mass is 79.9. The lowest BCUT2D eigenvalue weighted by Gasteiger charge is -2.01. The summed E-state index contributed by atoms with van der Waals surface area (Å²) in [6.07, 6.45) is 0. The molecule has 0 saturated carbocycles. The van der Waals surface area contributed by atoms with Gasteiger partial charge in [0.1, 0.15) is 5.82 Å². The van der Waals surface area contributed by atoms with Gasteiger partial charge in [-0.05, 0) is 23.6 Å². The summed E-state index contributed by atoms with van der Waals surface area (Å²) in [5.41, 5.74) is 0. The van der Waals surface area contributed by atoms with Gasteiger partial charge < -0.3 is 0 Å². The first-order valence-corrected chi connectivity index (χ1v) is 4.89. The number of hydrogen-bond acceptors (Lipinski definition) is 0. The molecule has 0 fully saturated rings. The van der Waals surface area contributed by atoms with Crippen LogP contribution in [0.3, 0.4) is 0 Å². The van der Waals surface area contributed by atoms with Crippen molar-refractivity contribution in [3.63, 3.8) is 0 Å². The molecule has 0 unspecified atom stereocenters. The minimum Gasteiger partial charge on any atom is -0.205 e. The van der Waals surface area contributed by atoms with Gasteiger partial charge in [-0.15, -0.1) is 0 Å². The number of rotatable bonds is 0. The fourth-order valence-corrected chi connectivity index (χ4v) is 1.85. The van der Waals surface area contributed by atoms with Crippen molar-refractivity contribution in [3.05, 3.63) is 45.6 Å². The van der Waals surface area contributed by atoms with E-state index in [-0.39, 0.29) is 10.8 Å². The predicted molar refractivity (Wildman–Crippen MR) is 56.6 cm³/mol. The SMILES string of the molecule is Fc1ccc2cc(Br)ccc2c1Cl. The highest BCUT2D eigenvalue weighted by molar-refractivity contribution is 9.10. The van der Waals surface area contributed by atoms with Gasteiger partial charge in [-0.3, -0.25) is 0 Å². The molecule has 66 valence electrons. The predicted octanol–water partition coefficient (Wildman–Crippen LogP) is 4.39. The van der Waals surface area contributed by atoms with E-state index in [1.54, 1.807) is 12.1 Å². The standard InChI is InChI=1S/C10H5BrClF/c11-7-2-3-8-6(5-7)1-4-9(13)10(8)12/h1-5H. The maximum absolute atomic E-state index is 13.0. The van der Waals surface area contributed by atoms with Crippen LogP contribution in [0.1, 0.15) is 0 Å². The number of hydrogen-bond donors (Lipinski definition) is 0. The smallest absolute Gasteiger partial charge is 0.142 e. The summed E-state index contributed by atoms with van der Waals surface area (Å²) in [5.74, 6) is -0.378. The second-order valence-electron chi connectivity index (χ2n) is 2.73. The van der Waals surface area contributed by atoms with Crippen LogP contribution in [-0.4, -0.2) is 0 Å². The molecule has 0 bridgehead atoms. The van der Waals surface area contributed by atoms with E-state index in [0.29, 0.717) is 0 Å². The van der Waals surface area contributed by atoms with Crippen LogP contribution in [0.2, 0.25) is 5.02 Å². The molecule has 0 amide bonds. The maximum atomic E-state index is 13.0. The molecule has 0 saturated heterocycles. The van der Waals surface area contributed by atoms with Crippen LogP contribution in [0.5, 0.6) is 0 Å². The van der Waals surface area contributed by atoms with Gasteiger partial charge in [0, 0.05) is 9.86 Å². The molecule has 0 heterocycles. The summed E-state index contributed by atoms with van der Waals surface area (Å²) in [7, 11) is 0. The molecule has 0 radical (unpaired) electrons. The zero-order valence-corrected chi connectivity index (χ0v) is 8.86. The Bertz CT molecular complexity index is 468. The zero-order chi connectivity index (χ0) is 9.42. The van der Waals surface area contributed by atoms with Crippen molar-refractivity contribution in [1.29, 1.82) is 0 Å². The number of halogens is 3. The van der Waals surface area contributed by atoms with Crippen LogP contribution in [-0.2, 0) is 0 Å². The Morgan fingerprint density at radius 1 is 1.15 bits per heavy atom. The molecule has 2 aromatic carbocycles. The summed E-state index contributed by atoms with van der Waals surface area (Å²) in [6.45, 7) is 0. The first-order chi connectivity index (χ1) is 6.18. The Labute approximate surface area is 88.4 Å². The topological polar surface area (TPSA) is 0 Å². The van der Waals surface area contributed by atoms with Crippen molar-refractivity contribution >= 4 is 38.3 Å². The van der Waals surface area contributed by atoms with Crippen molar-refractivity contribution in [2.75, 3.05) is 0 Å². The molecule has 0 aliphatic rings. The lowest BCUT2D eigenvalue weighted by atomic mass is 10.1. The van der Waals surface area contributed by atoms with Crippen molar-refractivity contribution < 1.29 is 4.39 Å². The third-order valence-corrected chi connectivity index (χ3v) is 2.75. The fraction of sp³-hybridized carbons (Fsp3) is 0. The first-order valence-electron chi connectivity index (χ1n) is 3.72. The van der Waals surface area contributed by atoms with E-state index in [1.165, 1.54) is 6.07 Å². The molecule has 0 nitrogen and oxygen atoms in total. The van der Waals surface area contributed by atoms with E-state index in [1.807, 2.05) is 12.1 Å². The molecule has 0 aliphatic heterocycles. The van der Waals surface area contributed by atoms with Gasteiger partial charge in [-0.2, -0.15) is 0 Å². The quantitative estimate of drug-likeness (QED) is 0.658. The average molecular weight is 260 g/mol. The fourth-order valence-electron chi connectivity index (χ4n) is 1.24. The Balaban J connectivity index is 2.87. The lowest BCUT2D eigenvalue weighted by Crippen LogP contribution is -1.79. The first kappa shape index (κ1) is 8.97. The summed E-state index contributed by atoms with van der Waals surface area (Å²) >= 11 is 9.13. The molecule has 0 atom stereocenters. The van der Waals surface area contributed by atoms with Crippen LogP contribution in [0.4, 0.5) is 4.39 Å². The Morgan fingerprint density at radius 3 is 2.69 bits per heavy atom. The van der Waals surface area contributed by atoms with E-state index in [0.717, 1.165) is 15.2 Å². The molecule has 0 N–H and O–H groups in total. The van der Waals surface area contributed by atoms with E-state index < -0.39 is 0 Å². The summed E-state index contributed by atoms with van der Waals surface area (Å²) in [5, 5.41) is 1.86. The summed E-state index contributed by atoms with van der Waals surface area (Å²) in [4.78, 5) is 0. The van der Waals surface area contributed by atoms with Gasteiger partial charge in [-0.1, -0.05) is 39.7 Å². The van der Waals surface area contributed by atoms with Gasteiger partial charge >= 0.3 is 0 Å². The van der Waals surface area contributed by atoms with Gasteiger partial charge in [0.25, 0.3) is 0 Å². The second kappa shape index (κ2) is 3.28. The monoisotopic (exact) mass is 258 g/mol. The van der Waals surface area contributed by atoms with Crippen LogP contribution in [0, 0.1) is 5.82 Å². The van der Waals surface area contributed by atoms with Gasteiger partial charge in [0.05, 0.1) is 5.02 Å². The van der Waals surface area contributed by atoms with E-state index in [4.69, 9.17) is 11.6 Å². The highest BCUT2D eigenvalue weighted by Gasteiger charge is 2.04. The van der Waals surface area contributed by atoms with Crippen LogP contribution < -0.4 is 0 Å². The van der Waals surface area contributed by atoms with E-state index >= 15 is 0 Å². The average Bonchev–Trinajstić information content (AvgIpc) is 2.12. The summed E-state index contributed by atoms with van der Waals surface area (Å²) in [6, 6.07) is 8.62. The third-order valence-electron chi connectivity index (χ3n) is 1.87. The second-order valence-corrected chi connectivity index (χ2v) is 4.02. The Kier molecular flexibility index (Phi) is 2.26. The highest BCUT2D eigenvalue weighted by Crippen LogP contribution is 2.28. The van der Waals surface area contributed by atoms with Crippen molar-refractivity contribution in [2.24, 2.45) is 0 Å². The van der Waals surface area contributed by atoms with E-state index in [2.05, 4.69) is 15.9 Å². The Morgan fingerprint density at radius 2 is 1.92 bits per heavy atom. The van der Waals surface area contributed by atoms with Crippen molar-refractivity contribution in [3.8, 4) is 0 Å². The minimum absolute atomic E-state index is 0.185. The largest absolute Gasteiger partial charge is 0.205 e. The van der Waals surface area contributed by atoms with Crippen molar-refractivity contribution in [1.82, 2.24) is 0 Å². The number of benzene rings is 2. The Hall–Kier alpha value is -0.600.